The zero-order valence-electron chi connectivity index (χ0n) is 19.4. The molecule has 1 saturated heterocycles. The first-order valence-corrected chi connectivity index (χ1v) is 11.5. The zero-order chi connectivity index (χ0) is 24.3. The number of ether oxygens (including phenoxy) is 3. The van der Waals surface area contributed by atoms with Gasteiger partial charge >= 0.3 is 0 Å². The molecule has 0 spiro atoms. The van der Waals surface area contributed by atoms with Gasteiger partial charge in [-0.15, -0.1) is 0 Å². The monoisotopic (exact) mass is 475 g/mol. The molecule has 4 aromatic rings. The molecule has 1 aliphatic heterocycles. The van der Waals surface area contributed by atoms with Gasteiger partial charge < -0.3 is 23.9 Å². The average molecular weight is 476 g/mol. The maximum atomic E-state index is 13.6. The van der Waals surface area contributed by atoms with E-state index < -0.39 is 5.41 Å². The number of rotatable bonds is 7. The number of aromatic nitrogens is 2. The quantitative estimate of drug-likeness (QED) is 0.418. The fourth-order valence-electron chi connectivity index (χ4n) is 4.46. The Balaban J connectivity index is 1.36. The van der Waals surface area contributed by atoms with E-state index in [-0.39, 0.29) is 18.3 Å². The highest BCUT2D eigenvalue weighted by atomic mass is 19.1. The number of methoxy groups -OCH3 is 1. The number of halogens is 1. The van der Waals surface area contributed by atoms with Crippen LogP contribution < -0.4 is 14.8 Å². The normalized spacial score (nSPS) is 15.0. The molecule has 8 heteroatoms. The summed E-state index contributed by atoms with van der Waals surface area (Å²) in [4.78, 5) is 18.1. The third-order valence-corrected chi connectivity index (χ3v) is 6.39. The van der Waals surface area contributed by atoms with Gasteiger partial charge in [0.25, 0.3) is 0 Å². The minimum atomic E-state index is -0.802. The Morgan fingerprint density at radius 2 is 1.91 bits per heavy atom. The molecule has 2 aromatic heterocycles. The number of amides is 1. The Hall–Kier alpha value is -3.91. The predicted octanol–water partition coefficient (Wildman–Crippen LogP) is 4.75. The highest BCUT2D eigenvalue weighted by molar-refractivity contribution is 5.99. The van der Waals surface area contributed by atoms with Gasteiger partial charge in [0, 0.05) is 37.4 Å². The lowest BCUT2D eigenvalue weighted by Crippen LogP contribution is -2.44. The number of imidazole rings is 1. The smallest absolute Gasteiger partial charge is 0.235 e. The molecule has 0 unspecified atom stereocenters. The van der Waals surface area contributed by atoms with Crippen molar-refractivity contribution in [3.63, 3.8) is 0 Å². The van der Waals surface area contributed by atoms with Crippen LogP contribution in [0.5, 0.6) is 11.5 Å². The van der Waals surface area contributed by atoms with Crippen molar-refractivity contribution in [3.05, 3.63) is 90.1 Å². The van der Waals surface area contributed by atoms with E-state index in [1.165, 1.54) is 12.1 Å². The fourth-order valence-corrected chi connectivity index (χ4v) is 4.46. The molecule has 3 heterocycles. The number of benzene rings is 2. The van der Waals surface area contributed by atoms with Gasteiger partial charge in [-0.1, -0.05) is 18.2 Å². The third kappa shape index (κ3) is 4.70. The molecule has 180 valence electrons. The minimum absolute atomic E-state index is 0.163. The highest BCUT2D eigenvalue weighted by Gasteiger charge is 2.41. The molecule has 0 saturated carbocycles. The molecule has 0 atom stereocenters. The molecule has 1 aliphatic rings. The SMILES string of the molecule is COc1ccc(NC(=O)C2(c3ccc(F)cc3)CCOCC2)cc1OCc1cn2ccccc2n1. The third-order valence-electron chi connectivity index (χ3n) is 6.39. The molecule has 1 N–H and O–H groups in total. The maximum Gasteiger partial charge on any atom is 0.235 e. The van der Waals surface area contributed by atoms with Gasteiger partial charge in [0.05, 0.1) is 18.2 Å². The van der Waals surface area contributed by atoms with Crippen LogP contribution in [0.25, 0.3) is 5.65 Å². The first-order chi connectivity index (χ1) is 17.1. The van der Waals surface area contributed by atoms with Gasteiger partial charge in [0.1, 0.15) is 18.1 Å². The largest absolute Gasteiger partial charge is 0.493 e. The lowest BCUT2D eigenvalue weighted by Gasteiger charge is -2.36. The van der Waals surface area contributed by atoms with Crippen LogP contribution in [0.3, 0.4) is 0 Å². The van der Waals surface area contributed by atoms with Crippen LogP contribution in [0.1, 0.15) is 24.1 Å². The number of anilines is 1. The zero-order valence-corrected chi connectivity index (χ0v) is 19.4. The maximum absolute atomic E-state index is 13.6. The topological polar surface area (TPSA) is 74.1 Å². The van der Waals surface area contributed by atoms with Crippen LogP contribution in [0.4, 0.5) is 10.1 Å². The molecule has 35 heavy (non-hydrogen) atoms. The van der Waals surface area contributed by atoms with Crippen molar-refractivity contribution in [2.45, 2.75) is 24.9 Å². The Morgan fingerprint density at radius 1 is 1.11 bits per heavy atom. The second-order valence-electron chi connectivity index (χ2n) is 8.51. The van der Waals surface area contributed by atoms with Gasteiger partial charge in [-0.05, 0) is 54.8 Å². The van der Waals surface area contributed by atoms with Crippen LogP contribution in [0.2, 0.25) is 0 Å². The number of nitrogens with zero attached hydrogens (tertiary/aromatic N) is 2. The van der Waals surface area contributed by atoms with E-state index >= 15 is 0 Å². The molecule has 0 radical (unpaired) electrons. The molecular weight excluding hydrogens is 449 g/mol. The molecule has 2 aromatic carbocycles. The van der Waals surface area contributed by atoms with E-state index in [9.17, 15) is 9.18 Å². The first kappa shape index (κ1) is 22.9. The Labute approximate surface area is 202 Å². The van der Waals surface area contributed by atoms with E-state index in [2.05, 4.69) is 10.3 Å². The van der Waals surface area contributed by atoms with E-state index in [1.54, 1.807) is 37.4 Å². The van der Waals surface area contributed by atoms with Crippen LogP contribution >= 0.6 is 0 Å². The number of carbonyl (C=O) groups is 1. The summed E-state index contributed by atoms with van der Waals surface area (Å²) in [6.07, 6.45) is 4.86. The summed E-state index contributed by atoms with van der Waals surface area (Å²) in [5.41, 5.74) is 2.15. The van der Waals surface area contributed by atoms with Crippen LogP contribution in [0, 0.1) is 5.82 Å². The van der Waals surface area contributed by atoms with E-state index in [4.69, 9.17) is 14.2 Å². The Morgan fingerprint density at radius 3 is 2.66 bits per heavy atom. The summed E-state index contributed by atoms with van der Waals surface area (Å²) in [6.45, 7) is 1.16. The Bertz CT molecular complexity index is 1300. The lowest BCUT2D eigenvalue weighted by molar-refractivity contribution is -0.125. The van der Waals surface area contributed by atoms with Crippen molar-refractivity contribution < 1.29 is 23.4 Å². The molecule has 5 rings (SSSR count). The molecule has 0 aliphatic carbocycles. The molecular formula is C27H26FN3O4. The number of hydrogen-bond acceptors (Lipinski definition) is 5. The van der Waals surface area contributed by atoms with Crippen molar-refractivity contribution in [1.29, 1.82) is 0 Å². The predicted molar refractivity (Wildman–Crippen MR) is 129 cm³/mol. The van der Waals surface area contributed by atoms with E-state index in [0.717, 1.165) is 16.9 Å². The van der Waals surface area contributed by atoms with Gasteiger partial charge in [-0.2, -0.15) is 0 Å². The number of nitrogens with one attached hydrogen (secondary N) is 1. The average Bonchev–Trinajstić information content (AvgIpc) is 3.31. The van der Waals surface area contributed by atoms with Crippen LogP contribution in [-0.2, 0) is 21.6 Å². The summed E-state index contributed by atoms with van der Waals surface area (Å²) in [7, 11) is 1.57. The van der Waals surface area contributed by atoms with Crippen LogP contribution in [-0.4, -0.2) is 35.6 Å². The second-order valence-corrected chi connectivity index (χ2v) is 8.51. The van der Waals surface area contributed by atoms with Gasteiger partial charge in [0.2, 0.25) is 5.91 Å². The van der Waals surface area contributed by atoms with E-state index in [0.29, 0.717) is 43.2 Å². The summed E-state index contributed by atoms with van der Waals surface area (Å²) in [5, 5.41) is 3.03. The van der Waals surface area contributed by atoms with Crippen molar-refractivity contribution in [2.24, 2.45) is 0 Å². The van der Waals surface area contributed by atoms with Crippen molar-refractivity contribution in [1.82, 2.24) is 9.38 Å². The summed E-state index contributed by atoms with van der Waals surface area (Å²) in [6, 6.07) is 17.2. The van der Waals surface area contributed by atoms with Gasteiger partial charge in [0.15, 0.2) is 11.5 Å². The summed E-state index contributed by atoms with van der Waals surface area (Å²) in [5.74, 6) is 0.541. The second kappa shape index (κ2) is 9.76. The minimum Gasteiger partial charge on any atom is -0.493 e. The molecule has 1 fully saturated rings. The molecule has 1 amide bonds. The van der Waals surface area contributed by atoms with Crippen LogP contribution in [0.15, 0.2) is 73.1 Å². The standard InChI is InChI=1S/C27H26FN3O4/c1-33-23-10-9-21(16-24(23)35-18-22-17-31-13-3-2-4-25(31)29-22)30-26(32)27(11-14-34-15-12-27)19-5-7-20(28)8-6-19/h2-10,13,16-17H,11-12,14-15,18H2,1H3,(H,30,32). The number of pyridine rings is 1. The van der Waals surface area contributed by atoms with E-state index in [1.807, 2.05) is 35.0 Å². The van der Waals surface area contributed by atoms with Crippen molar-refractivity contribution in [2.75, 3.05) is 25.6 Å². The van der Waals surface area contributed by atoms with Gasteiger partial charge in [-0.3, -0.25) is 4.79 Å². The number of hydrogen-bond donors (Lipinski definition) is 1. The van der Waals surface area contributed by atoms with Crippen molar-refractivity contribution in [3.8, 4) is 11.5 Å². The number of fused-ring (bicyclic) bond motifs is 1. The fraction of sp³-hybridized carbons (Fsp3) is 0.259. The first-order valence-electron chi connectivity index (χ1n) is 11.5. The highest BCUT2D eigenvalue weighted by Crippen LogP contribution is 2.37. The molecule has 7 nitrogen and oxygen atoms in total. The summed E-state index contributed by atoms with van der Waals surface area (Å²) < 4.78 is 32.5. The lowest BCUT2D eigenvalue weighted by atomic mass is 9.73. The summed E-state index contributed by atoms with van der Waals surface area (Å²) >= 11 is 0. The Kier molecular flexibility index (Phi) is 6.37. The molecule has 0 bridgehead atoms. The van der Waals surface area contributed by atoms with Crippen molar-refractivity contribution >= 4 is 17.2 Å². The number of carbonyl (C=O) groups excluding carboxylic acids is 1. The van der Waals surface area contributed by atoms with Gasteiger partial charge in [-0.25, -0.2) is 9.37 Å².